The zero-order valence-corrected chi connectivity index (χ0v) is 16.4. The molecule has 0 aliphatic heterocycles. The average molecular weight is 407 g/mol. The quantitative estimate of drug-likeness (QED) is 0.277. The molecule has 0 N–H and O–H groups in total. The van der Waals surface area contributed by atoms with E-state index in [2.05, 4.69) is 4.98 Å². The van der Waals surface area contributed by atoms with Gasteiger partial charge in [0.15, 0.2) is 12.4 Å². The van der Waals surface area contributed by atoms with E-state index in [0.29, 0.717) is 33.5 Å². The van der Waals surface area contributed by atoms with Gasteiger partial charge >= 0.3 is 5.97 Å². The molecule has 0 saturated carbocycles. The Balaban J connectivity index is 1.44. The van der Waals surface area contributed by atoms with Crippen LogP contribution in [0.2, 0.25) is 0 Å². The molecule has 150 valence electrons. The van der Waals surface area contributed by atoms with Gasteiger partial charge in [-0.1, -0.05) is 60.7 Å². The minimum Gasteiger partial charge on any atom is -0.463 e. The second-order valence-electron chi connectivity index (χ2n) is 7.08. The first kappa shape index (κ1) is 18.8. The van der Waals surface area contributed by atoms with Crippen molar-refractivity contribution in [2.75, 3.05) is 6.61 Å². The number of Topliss-reactive ketones (excluding diaryl/α,β-unsaturated/α-hetero) is 1. The lowest BCUT2D eigenvalue weighted by Crippen LogP contribution is -2.15. The van der Waals surface area contributed by atoms with Crippen LogP contribution >= 0.6 is 0 Å². The van der Waals surface area contributed by atoms with Crippen LogP contribution in [0.4, 0.5) is 0 Å². The van der Waals surface area contributed by atoms with Crippen molar-refractivity contribution in [1.82, 2.24) is 4.98 Å². The Hall–Kier alpha value is -4.25. The van der Waals surface area contributed by atoms with E-state index in [-0.39, 0.29) is 12.4 Å². The lowest BCUT2D eigenvalue weighted by atomic mass is 10.0. The normalized spacial score (nSPS) is 11.0. The number of benzene rings is 3. The highest BCUT2D eigenvalue weighted by Crippen LogP contribution is 2.26. The average Bonchev–Trinajstić information content (AvgIpc) is 3.36. The van der Waals surface area contributed by atoms with Gasteiger partial charge in [-0.15, -0.1) is 0 Å². The molecule has 0 spiro atoms. The molecule has 5 heteroatoms. The maximum Gasteiger partial charge on any atom is 0.339 e. The first-order valence-corrected chi connectivity index (χ1v) is 9.82. The Kier molecular flexibility index (Phi) is 4.77. The third kappa shape index (κ3) is 3.57. The number of pyridine rings is 1. The van der Waals surface area contributed by atoms with Gasteiger partial charge in [-0.05, 0) is 35.0 Å². The van der Waals surface area contributed by atoms with Gasteiger partial charge in [0.25, 0.3) is 0 Å². The summed E-state index contributed by atoms with van der Waals surface area (Å²) >= 11 is 0. The van der Waals surface area contributed by atoms with E-state index in [1.54, 1.807) is 36.6 Å². The maximum atomic E-state index is 12.9. The van der Waals surface area contributed by atoms with Gasteiger partial charge in [-0.25, -0.2) is 9.78 Å². The third-order valence-corrected chi connectivity index (χ3v) is 5.13. The Morgan fingerprint density at radius 2 is 1.58 bits per heavy atom. The summed E-state index contributed by atoms with van der Waals surface area (Å²) < 4.78 is 10.9. The number of para-hydroxylation sites is 1. The number of hydrogen-bond acceptors (Lipinski definition) is 5. The van der Waals surface area contributed by atoms with Gasteiger partial charge in [-0.3, -0.25) is 4.79 Å². The van der Waals surface area contributed by atoms with E-state index in [0.717, 1.165) is 10.8 Å². The van der Waals surface area contributed by atoms with Gasteiger partial charge in [-0.2, -0.15) is 0 Å². The third-order valence-electron chi connectivity index (χ3n) is 5.13. The summed E-state index contributed by atoms with van der Waals surface area (Å²) in [5.74, 6) is -0.290. The Labute approximate surface area is 177 Å². The predicted molar refractivity (Wildman–Crippen MR) is 118 cm³/mol. The van der Waals surface area contributed by atoms with Crippen LogP contribution in [-0.4, -0.2) is 23.3 Å². The highest BCUT2D eigenvalue weighted by atomic mass is 16.5. The first-order chi connectivity index (χ1) is 15.2. The van der Waals surface area contributed by atoms with Gasteiger partial charge < -0.3 is 9.15 Å². The number of rotatable bonds is 5. The standard InChI is InChI=1S/C26H17NO4/c28-24(20-11-5-8-17-7-1-2-9-18(17)20)16-31-26(29)21-15-23(25-13-6-14-30-25)27-22-12-4-3-10-19(21)22/h1-15H,16H2. The van der Waals surface area contributed by atoms with E-state index < -0.39 is 5.97 Å². The number of ketones is 1. The zero-order valence-electron chi connectivity index (χ0n) is 16.4. The lowest BCUT2D eigenvalue weighted by molar-refractivity contribution is 0.0477. The van der Waals surface area contributed by atoms with Crippen molar-refractivity contribution in [2.24, 2.45) is 0 Å². The minimum atomic E-state index is -0.583. The van der Waals surface area contributed by atoms with Crippen LogP contribution in [0.3, 0.4) is 0 Å². The molecule has 0 bridgehead atoms. The van der Waals surface area contributed by atoms with Crippen LogP contribution in [0.25, 0.3) is 33.1 Å². The molecule has 5 rings (SSSR count). The summed E-state index contributed by atoms with van der Waals surface area (Å²) in [6, 6.07) is 25.6. The van der Waals surface area contributed by atoms with E-state index in [9.17, 15) is 9.59 Å². The van der Waals surface area contributed by atoms with Crippen molar-refractivity contribution in [3.8, 4) is 11.5 Å². The van der Waals surface area contributed by atoms with Gasteiger partial charge in [0, 0.05) is 10.9 Å². The first-order valence-electron chi connectivity index (χ1n) is 9.82. The van der Waals surface area contributed by atoms with E-state index in [4.69, 9.17) is 9.15 Å². The van der Waals surface area contributed by atoms with E-state index in [1.165, 1.54) is 0 Å². The summed E-state index contributed by atoms with van der Waals surface area (Å²) in [6.45, 7) is -0.348. The molecular formula is C26H17NO4. The van der Waals surface area contributed by atoms with Gasteiger partial charge in [0.05, 0.1) is 17.3 Å². The van der Waals surface area contributed by atoms with Crippen molar-refractivity contribution < 1.29 is 18.7 Å². The smallest absolute Gasteiger partial charge is 0.339 e. The molecule has 0 fully saturated rings. The predicted octanol–water partition coefficient (Wildman–Crippen LogP) is 5.69. The summed E-state index contributed by atoms with van der Waals surface area (Å²) in [6.07, 6.45) is 1.55. The summed E-state index contributed by atoms with van der Waals surface area (Å²) in [5.41, 5.74) is 2.03. The van der Waals surface area contributed by atoms with Crippen LogP contribution in [0.15, 0.2) is 95.6 Å². The number of fused-ring (bicyclic) bond motifs is 2. The number of carbonyl (C=O) groups excluding carboxylic acids is 2. The molecular weight excluding hydrogens is 390 g/mol. The molecule has 2 heterocycles. The number of ether oxygens (including phenoxy) is 1. The fraction of sp³-hybridized carbons (Fsp3) is 0.0385. The van der Waals surface area contributed by atoms with Crippen LogP contribution in [0.1, 0.15) is 20.7 Å². The van der Waals surface area contributed by atoms with E-state index >= 15 is 0 Å². The number of aromatic nitrogens is 1. The Morgan fingerprint density at radius 1 is 0.806 bits per heavy atom. The lowest BCUT2D eigenvalue weighted by Gasteiger charge is -2.10. The number of nitrogens with zero attached hydrogens (tertiary/aromatic N) is 1. The van der Waals surface area contributed by atoms with Crippen molar-refractivity contribution in [3.63, 3.8) is 0 Å². The van der Waals surface area contributed by atoms with Crippen molar-refractivity contribution in [3.05, 3.63) is 102 Å². The number of furan rings is 1. The summed E-state index contributed by atoms with van der Waals surface area (Å²) in [7, 11) is 0. The topological polar surface area (TPSA) is 69.4 Å². The van der Waals surface area contributed by atoms with Crippen molar-refractivity contribution in [1.29, 1.82) is 0 Å². The molecule has 5 aromatic rings. The molecule has 31 heavy (non-hydrogen) atoms. The molecule has 0 unspecified atom stereocenters. The molecule has 0 aliphatic rings. The molecule has 0 amide bonds. The second kappa shape index (κ2) is 7.88. The highest BCUT2D eigenvalue weighted by molar-refractivity contribution is 6.10. The molecule has 0 saturated heterocycles. The summed E-state index contributed by atoms with van der Waals surface area (Å²) in [5, 5.41) is 2.45. The van der Waals surface area contributed by atoms with Gasteiger partial charge in [0.2, 0.25) is 5.78 Å². The molecule has 2 aromatic heterocycles. The van der Waals surface area contributed by atoms with Crippen molar-refractivity contribution >= 4 is 33.4 Å². The minimum absolute atomic E-state index is 0.255. The maximum absolute atomic E-state index is 12.9. The largest absolute Gasteiger partial charge is 0.463 e. The molecule has 3 aromatic carbocycles. The van der Waals surface area contributed by atoms with Crippen LogP contribution in [0, 0.1) is 0 Å². The van der Waals surface area contributed by atoms with Crippen molar-refractivity contribution in [2.45, 2.75) is 0 Å². The SMILES string of the molecule is O=C(COC(=O)c1cc(-c2ccco2)nc2ccccc12)c1cccc2ccccc12. The monoisotopic (exact) mass is 407 g/mol. The summed E-state index contributed by atoms with van der Waals surface area (Å²) in [4.78, 5) is 30.3. The molecule has 0 radical (unpaired) electrons. The van der Waals surface area contributed by atoms with Gasteiger partial charge in [0.1, 0.15) is 5.69 Å². The molecule has 0 atom stereocenters. The molecule has 5 nitrogen and oxygen atoms in total. The fourth-order valence-electron chi connectivity index (χ4n) is 3.65. The molecule has 0 aliphatic carbocycles. The Morgan fingerprint density at radius 3 is 2.42 bits per heavy atom. The van der Waals surface area contributed by atoms with Crippen LogP contribution in [0.5, 0.6) is 0 Å². The zero-order chi connectivity index (χ0) is 21.2. The van der Waals surface area contributed by atoms with E-state index in [1.807, 2.05) is 54.6 Å². The highest BCUT2D eigenvalue weighted by Gasteiger charge is 2.18. The van der Waals surface area contributed by atoms with Crippen LogP contribution < -0.4 is 0 Å². The number of esters is 1. The fourth-order valence-corrected chi connectivity index (χ4v) is 3.65. The van der Waals surface area contributed by atoms with Crippen LogP contribution in [-0.2, 0) is 4.74 Å². The second-order valence-corrected chi connectivity index (χ2v) is 7.08. The number of hydrogen-bond donors (Lipinski definition) is 0. The number of carbonyl (C=O) groups is 2. The Bertz CT molecular complexity index is 1420.